The first-order valence-corrected chi connectivity index (χ1v) is 14.3. The number of carbonyl (C=O) groups excluding carboxylic acids is 2. The largest absolute Gasteiger partial charge is 0.507 e. The number of aliphatic hydroxyl groups is 1. The molecule has 0 radical (unpaired) electrons. The van der Waals surface area contributed by atoms with Gasteiger partial charge in [-0.25, -0.2) is 0 Å². The summed E-state index contributed by atoms with van der Waals surface area (Å²) in [4.78, 5) is 28.0. The van der Waals surface area contributed by atoms with Crippen molar-refractivity contribution in [3.63, 3.8) is 0 Å². The molecule has 1 unspecified atom stereocenters. The van der Waals surface area contributed by atoms with E-state index in [0.29, 0.717) is 40.8 Å². The molecular weight excluding hydrogens is 538 g/mol. The van der Waals surface area contributed by atoms with Crippen molar-refractivity contribution < 1.29 is 24.2 Å². The molecule has 1 saturated heterocycles. The van der Waals surface area contributed by atoms with E-state index in [2.05, 4.69) is 23.2 Å². The number of rotatable bonds is 10. The van der Waals surface area contributed by atoms with Crippen LogP contribution in [-0.2, 0) is 16.2 Å². The monoisotopic (exact) mass is 569 g/mol. The molecule has 2 heterocycles. The third-order valence-electron chi connectivity index (χ3n) is 6.74. The van der Waals surface area contributed by atoms with Gasteiger partial charge in [0.05, 0.1) is 18.2 Å². The van der Waals surface area contributed by atoms with Crippen LogP contribution in [0.5, 0.6) is 11.5 Å². The van der Waals surface area contributed by atoms with Gasteiger partial charge in [0.25, 0.3) is 5.78 Å². The molecule has 1 aliphatic heterocycles. The normalized spacial score (nSPS) is 16.3. The summed E-state index contributed by atoms with van der Waals surface area (Å²) in [6.07, 6.45) is 1.96. The Morgan fingerprint density at radius 3 is 2.32 bits per heavy atom. The summed E-state index contributed by atoms with van der Waals surface area (Å²) >= 11 is 1.21. The van der Waals surface area contributed by atoms with Crippen LogP contribution in [0.3, 0.4) is 0 Å². The number of Topliss-reactive ketones (excluding diaryl/α,β-unsaturated/α-hetero) is 1. The number of amides is 1. The zero-order valence-electron chi connectivity index (χ0n) is 23.2. The highest BCUT2D eigenvalue weighted by Crippen LogP contribution is 2.43. The van der Waals surface area contributed by atoms with Gasteiger partial charge in [-0.3, -0.25) is 14.5 Å². The highest BCUT2D eigenvalue weighted by atomic mass is 32.1. The van der Waals surface area contributed by atoms with Crippen LogP contribution in [0.4, 0.5) is 5.13 Å². The molecule has 1 aromatic heterocycles. The van der Waals surface area contributed by atoms with E-state index in [1.165, 1.54) is 16.2 Å². The fraction of sp³-hybridized carbons (Fsp3) is 0.250. The summed E-state index contributed by atoms with van der Waals surface area (Å²) in [6.45, 7) is 6.90. The first-order valence-electron chi connectivity index (χ1n) is 13.5. The third-order valence-corrected chi connectivity index (χ3v) is 7.58. The maximum Gasteiger partial charge on any atom is 0.301 e. The van der Waals surface area contributed by atoms with Crippen molar-refractivity contribution in [1.29, 1.82) is 0 Å². The molecule has 4 aromatic rings. The highest BCUT2D eigenvalue weighted by Gasteiger charge is 2.48. The lowest BCUT2D eigenvalue weighted by Crippen LogP contribution is -2.29. The fourth-order valence-corrected chi connectivity index (χ4v) is 5.36. The average Bonchev–Trinajstić information content (AvgIpc) is 3.52. The molecule has 5 rings (SSSR count). The summed E-state index contributed by atoms with van der Waals surface area (Å²) < 4.78 is 11.7. The van der Waals surface area contributed by atoms with E-state index >= 15 is 0 Å². The summed E-state index contributed by atoms with van der Waals surface area (Å²) in [7, 11) is 0. The molecule has 0 bridgehead atoms. The maximum absolute atomic E-state index is 13.4. The molecule has 1 N–H and O–H groups in total. The molecule has 0 saturated carbocycles. The number of nitrogens with zero attached hydrogens (tertiary/aromatic N) is 3. The van der Waals surface area contributed by atoms with E-state index in [9.17, 15) is 14.7 Å². The zero-order valence-corrected chi connectivity index (χ0v) is 24.0. The number of hydrogen-bond acceptors (Lipinski definition) is 8. The van der Waals surface area contributed by atoms with Gasteiger partial charge in [0.1, 0.15) is 28.9 Å². The van der Waals surface area contributed by atoms with E-state index < -0.39 is 17.7 Å². The van der Waals surface area contributed by atoms with Crippen molar-refractivity contribution in [3.05, 3.63) is 106 Å². The summed E-state index contributed by atoms with van der Waals surface area (Å²) in [6, 6.07) is 21.2. The highest BCUT2D eigenvalue weighted by molar-refractivity contribution is 7.15. The lowest BCUT2D eigenvalue weighted by atomic mass is 9.95. The molecule has 1 fully saturated rings. The van der Waals surface area contributed by atoms with Crippen LogP contribution in [0.2, 0.25) is 0 Å². The Morgan fingerprint density at radius 1 is 0.951 bits per heavy atom. The smallest absolute Gasteiger partial charge is 0.301 e. The average molecular weight is 570 g/mol. The van der Waals surface area contributed by atoms with Gasteiger partial charge in [0.2, 0.25) is 5.13 Å². The van der Waals surface area contributed by atoms with Crippen LogP contribution in [0.1, 0.15) is 53.1 Å². The van der Waals surface area contributed by atoms with Gasteiger partial charge >= 0.3 is 5.91 Å². The number of ketones is 1. The molecule has 0 spiro atoms. The SMILES string of the molecule is CCCCOc1ccc(C2/C(=C(\O)c3ccc(OCc4cccc(C)c4)cc3)C(=O)C(=O)N2c2nnc(C)s2)cc1. The lowest BCUT2D eigenvalue weighted by Gasteiger charge is -2.22. The molecule has 0 aliphatic carbocycles. The molecule has 1 aliphatic rings. The molecule has 210 valence electrons. The van der Waals surface area contributed by atoms with Crippen molar-refractivity contribution in [2.75, 3.05) is 11.5 Å². The number of aromatic nitrogens is 2. The summed E-state index contributed by atoms with van der Waals surface area (Å²) in [5.41, 5.74) is 3.21. The van der Waals surface area contributed by atoms with Crippen LogP contribution in [0, 0.1) is 13.8 Å². The molecule has 1 amide bonds. The minimum Gasteiger partial charge on any atom is -0.507 e. The first-order chi connectivity index (χ1) is 19.9. The Balaban J connectivity index is 1.47. The molecule has 1 atom stereocenters. The summed E-state index contributed by atoms with van der Waals surface area (Å²) in [5, 5.41) is 20.5. The van der Waals surface area contributed by atoms with Gasteiger partial charge in [-0.2, -0.15) is 0 Å². The molecular formula is C32H31N3O5S. The van der Waals surface area contributed by atoms with Crippen molar-refractivity contribution in [2.24, 2.45) is 0 Å². The summed E-state index contributed by atoms with van der Waals surface area (Å²) in [5.74, 6) is -0.529. The van der Waals surface area contributed by atoms with E-state index in [1.54, 1.807) is 55.5 Å². The van der Waals surface area contributed by atoms with Gasteiger partial charge < -0.3 is 14.6 Å². The van der Waals surface area contributed by atoms with Crippen LogP contribution in [0.15, 0.2) is 78.4 Å². The lowest BCUT2D eigenvalue weighted by molar-refractivity contribution is -0.132. The van der Waals surface area contributed by atoms with Gasteiger partial charge in [0, 0.05) is 5.56 Å². The van der Waals surface area contributed by atoms with Gasteiger partial charge in [-0.05, 0) is 67.8 Å². The fourth-order valence-electron chi connectivity index (χ4n) is 4.64. The van der Waals surface area contributed by atoms with E-state index in [1.807, 2.05) is 25.1 Å². The van der Waals surface area contributed by atoms with E-state index in [0.717, 1.165) is 24.0 Å². The number of benzene rings is 3. The predicted octanol–water partition coefficient (Wildman–Crippen LogP) is 6.54. The predicted molar refractivity (Wildman–Crippen MR) is 158 cm³/mol. The Labute approximate surface area is 242 Å². The number of aryl methyl sites for hydroxylation is 2. The maximum atomic E-state index is 13.4. The third kappa shape index (κ3) is 6.15. The Kier molecular flexibility index (Phi) is 8.45. The van der Waals surface area contributed by atoms with Gasteiger partial charge in [-0.1, -0.05) is 66.6 Å². The molecule has 3 aromatic carbocycles. The van der Waals surface area contributed by atoms with Gasteiger partial charge in [0.15, 0.2) is 0 Å². The minimum absolute atomic E-state index is 0.0177. The van der Waals surface area contributed by atoms with Crippen LogP contribution in [0.25, 0.3) is 5.76 Å². The van der Waals surface area contributed by atoms with Crippen molar-refractivity contribution in [3.8, 4) is 11.5 Å². The standard InChI is InChI=1S/C32H31N3O5S/c1-4-5-17-39-25-13-9-23(10-14-25)28-27(30(37)31(38)35(28)32-34-33-21(3)41-32)29(36)24-11-15-26(16-12-24)40-19-22-8-6-7-20(2)18-22/h6-16,18,28,36H,4-5,17,19H2,1-3H3/b29-27+. The second-order valence-electron chi connectivity index (χ2n) is 9.85. The van der Waals surface area contributed by atoms with E-state index in [-0.39, 0.29) is 16.5 Å². The molecule has 9 heteroatoms. The Morgan fingerprint density at radius 2 is 1.66 bits per heavy atom. The second kappa shape index (κ2) is 12.3. The quantitative estimate of drug-likeness (QED) is 0.100. The molecule has 41 heavy (non-hydrogen) atoms. The molecule has 8 nitrogen and oxygen atoms in total. The van der Waals surface area contributed by atoms with Crippen LogP contribution < -0.4 is 14.4 Å². The van der Waals surface area contributed by atoms with Crippen LogP contribution in [-0.4, -0.2) is 33.6 Å². The van der Waals surface area contributed by atoms with Crippen molar-refractivity contribution in [2.45, 2.75) is 46.3 Å². The topological polar surface area (TPSA) is 102 Å². The first kappa shape index (κ1) is 28.0. The van der Waals surface area contributed by atoms with E-state index in [4.69, 9.17) is 9.47 Å². The Hall–Kier alpha value is -4.50. The number of ether oxygens (including phenoxy) is 2. The van der Waals surface area contributed by atoms with Crippen LogP contribution >= 0.6 is 11.3 Å². The number of aliphatic hydroxyl groups excluding tert-OH is 1. The number of hydrogen-bond donors (Lipinski definition) is 1. The Bertz CT molecular complexity index is 1580. The zero-order chi connectivity index (χ0) is 28.9. The minimum atomic E-state index is -0.885. The van der Waals surface area contributed by atoms with Crippen molar-refractivity contribution in [1.82, 2.24) is 10.2 Å². The second-order valence-corrected chi connectivity index (χ2v) is 11.0. The number of anilines is 1. The number of unbranched alkanes of at least 4 members (excludes halogenated alkanes) is 1. The van der Waals surface area contributed by atoms with Crippen molar-refractivity contribution >= 4 is 33.9 Å². The van der Waals surface area contributed by atoms with Gasteiger partial charge in [-0.15, -0.1) is 10.2 Å². The number of carbonyl (C=O) groups is 2.